The van der Waals surface area contributed by atoms with Crippen molar-refractivity contribution in [2.45, 2.75) is 6.18 Å². The quantitative estimate of drug-likeness (QED) is 0.696. The molecule has 2 aromatic carbocycles. The fourth-order valence-corrected chi connectivity index (χ4v) is 2.22. The normalized spacial score (nSPS) is 12.0. The molecule has 0 aliphatic heterocycles. The third-order valence-electron chi connectivity index (χ3n) is 3.39. The fraction of sp³-hybridized carbons (Fsp3) is 0.0588. The van der Waals surface area contributed by atoms with Crippen LogP contribution in [0.4, 0.5) is 18.9 Å². The number of halogens is 3. The second-order valence-electron chi connectivity index (χ2n) is 5.04. The predicted molar refractivity (Wildman–Crippen MR) is 85.5 cm³/mol. The van der Waals surface area contributed by atoms with Crippen LogP contribution in [0.3, 0.4) is 0 Å². The van der Waals surface area contributed by atoms with Crippen molar-refractivity contribution >= 4 is 11.9 Å². The van der Waals surface area contributed by atoms with Crippen LogP contribution in [0, 0.1) is 0 Å². The van der Waals surface area contributed by atoms with Gasteiger partial charge in [-0.25, -0.2) is 0 Å². The first kappa shape index (κ1) is 15.8. The molecule has 0 aliphatic rings. The lowest BCUT2D eigenvalue weighted by molar-refractivity contribution is -0.137. The van der Waals surface area contributed by atoms with Gasteiger partial charge in [-0.05, 0) is 18.2 Å². The van der Waals surface area contributed by atoms with Crippen LogP contribution in [0.15, 0.2) is 64.4 Å². The molecule has 0 radical (unpaired) electrons. The second-order valence-corrected chi connectivity index (χ2v) is 5.04. The predicted octanol–water partition coefficient (Wildman–Crippen LogP) is 4.14. The molecule has 0 saturated heterocycles. The van der Waals surface area contributed by atoms with Gasteiger partial charge >= 0.3 is 6.18 Å². The number of hydrogen-bond acceptors (Lipinski definition) is 2. The number of aliphatic imine (C=N–C) groups is 1. The van der Waals surface area contributed by atoms with Gasteiger partial charge in [-0.1, -0.05) is 36.4 Å². The van der Waals surface area contributed by atoms with E-state index in [2.05, 4.69) is 15.2 Å². The minimum absolute atomic E-state index is 0.115. The molecule has 0 fully saturated rings. The van der Waals surface area contributed by atoms with Crippen molar-refractivity contribution in [3.8, 4) is 11.3 Å². The van der Waals surface area contributed by atoms with Crippen LogP contribution in [-0.4, -0.2) is 16.4 Å². The zero-order chi connectivity index (χ0) is 17.2. The summed E-state index contributed by atoms with van der Waals surface area (Å²) in [4.78, 5) is 15.9. The van der Waals surface area contributed by atoms with Gasteiger partial charge in [0.15, 0.2) is 0 Å². The maximum Gasteiger partial charge on any atom is 0.416 e. The highest BCUT2D eigenvalue weighted by atomic mass is 19.4. The van der Waals surface area contributed by atoms with E-state index in [-0.39, 0.29) is 11.3 Å². The summed E-state index contributed by atoms with van der Waals surface area (Å²) >= 11 is 0. The minimum Gasteiger partial charge on any atom is -0.297 e. The Labute approximate surface area is 134 Å². The first-order valence-corrected chi connectivity index (χ1v) is 7.02. The summed E-state index contributed by atoms with van der Waals surface area (Å²) in [6, 6.07) is 13.7. The number of H-pyrrole nitrogens is 2. The maximum atomic E-state index is 12.7. The van der Waals surface area contributed by atoms with E-state index >= 15 is 0 Å². The van der Waals surface area contributed by atoms with E-state index in [1.165, 1.54) is 18.3 Å². The molecule has 0 bridgehead atoms. The van der Waals surface area contributed by atoms with Crippen LogP contribution < -0.4 is 5.56 Å². The topological polar surface area (TPSA) is 61.0 Å². The van der Waals surface area contributed by atoms with Gasteiger partial charge in [0, 0.05) is 11.8 Å². The van der Waals surface area contributed by atoms with E-state index in [4.69, 9.17) is 0 Å². The van der Waals surface area contributed by atoms with Gasteiger partial charge < -0.3 is 0 Å². The Kier molecular flexibility index (Phi) is 4.07. The molecule has 0 saturated carbocycles. The van der Waals surface area contributed by atoms with Gasteiger partial charge in [0.1, 0.15) is 0 Å². The van der Waals surface area contributed by atoms with E-state index < -0.39 is 17.3 Å². The highest BCUT2D eigenvalue weighted by Crippen LogP contribution is 2.31. The first-order valence-electron chi connectivity index (χ1n) is 7.02. The van der Waals surface area contributed by atoms with Crippen LogP contribution in [0.5, 0.6) is 0 Å². The molecule has 3 rings (SSSR count). The molecule has 0 spiro atoms. The van der Waals surface area contributed by atoms with Gasteiger partial charge in [-0.3, -0.25) is 20.0 Å². The molecule has 24 heavy (non-hydrogen) atoms. The Morgan fingerprint density at radius 3 is 2.42 bits per heavy atom. The van der Waals surface area contributed by atoms with Gasteiger partial charge in [0.05, 0.1) is 22.5 Å². The lowest BCUT2D eigenvalue weighted by Gasteiger charge is -2.06. The Bertz CT molecular complexity index is 924. The van der Waals surface area contributed by atoms with Crippen LogP contribution in [0.1, 0.15) is 11.1 Å². The summed E-state index contributed by atoms with van der Waals surface area (Å²) in [6.07, 6.45) is -3.18. The third kappa shape index (κ3) is 3.29. The van der Waals surface area contributed by atoms with E-state index in [0.717, 1.165) is 17.7 Å². The van der Waals surface area contributed by atoms with Crippen molar-refractivity contribution in [3.63, 3.8) is 0 Å². The van der Waals surface area contributed by atoms with Crippen molar-refractivity contribution in [1.29, 1.82) is 0 Å². The largest absolute Gasteiger partial charge is 0.416 e. The number of aromatic amines is 2. The standard InChI is InChI=1S/C17H12F3N3O/c18-17(19,20)12-7-4-8-13(9-12)21-10-14-15(22-23-16(14)24)11-5-2-1-3-6-11/h1-10H,(H2,22,23,24). The summed E-state index contributed by atoms with van der Waals surface area (Å²) in [5.41, 5.74) is 0.466. The molecule has 1 aromatic heterocycles. The number of nitrogens with zero attached hydrogens (tertiary/aromatic N) is 1. The Morgan fingerprint density at radius 2 is 1.71 bits per heavy atom. The van der Waals surface area contributed by atoms with E-state index in [1.807, 2.05) is 18.2 Å². The zero-order valence-electron chi connectivity index (χ0n) is 12.3. The van der Waals surface area contributed by atoms with E-state index in [9.17, 15) is 18.0 Å². The zero-order valence-corrected chi connectivity index (χ0v) is 12.3. The van der Waals surface area contributed by atoms with Crippen molar-refractivity contribution in [1.82, 2.24) is 10.2 Å². The summed E-state index contributed by atoms with van der Waals surface area (Å²) in [7, 11) is 0. The van der Waals surface area contributed by atoms with Crippen LogP contribution in [-0.2, 0) is 6.18 Å². The molecular weight excluding hydrogens is 319 g/mol. The molecule has 4 nitrogen and oxygen atoms in total. The number of nitrogens with one attached hydrogen (secondary N) is 2. The SMILES string of the molecule is O=c1[nH][nH]c(-c2ccccc2)c1C=Nc1cccc(C(F)(F)F)c1. The molecule has 2 N–H and O–H groups in total. The highest BCUT2D eigenvalue weighted by Gasteiger charge is 2.30. The lowest BCUT2D eigenvalue weighted by Crippen LogP contribution is -2.05. The summed E-state index contributed by atoms with van der Waals surface area (Å²) in [5.74, 6) is 0. The average Bonchev–Trinajstić information content (AvgIpc) is 2.94. The molecule has 0 amide bonds. The number of rotatable bonds is 3. The van der Waals surface area contributed by atoms with Crippen LogP contribution in [0.2, 0.25) is 0 Å². The highest BCUT2D eigenvalue weighted by molar-refractivity contribution is 5.89. The van der Waals surface area contributed by atoms with Crippen molar-refractivity contribution in [2.24, 2.45) is 4.99 Å². The Balaban J connectivity index is 1.97. The molecule has 0 atom stereocenters. The van der Waals surface area contributed by atoms with Gasteiger partial charge in [0.2, 0.25) is 0 Å². The third-order valence-corrected chi connectivity index (χ3v) is 3.39. The molecule has 0 unspecified atom stereocenters. The molecular formula is C17H12F3N3O. The molecule has 7 heteroatoms. The van der Waals surface area contributed by atoms with Gasteiger partial charge in [-0.2, -0.15) is 13.2 Å². The maximum absolute atomic E-state index is 12.7. The van der Waals surface area contributed by atoms with E-state index in [0.29, 0.717) is 5.69 Å². The Hall–Kier alpha value is -3.09. The molecule has 122 valence electrons. The minimum atomic E-state index is -4.44. The number of hydrogen-bond donors (Lipinski definition) is 2. The van der Waals surface area contributed by atoms with Gasteiger partial charge in [0.25, 0.3) is 5.56 Å². The number of benzene rings is 2. The van der Waals surface area contributed by atoms with Crippen LogP contribution >= 0.6 is 0 Å². The van der Waals surface area contributed by atoms with Gasteiger partial charge in [-0.15, -0.1) is 0 Å². The van der Waals surface area contributed by atoms with E-state index in [1.54, 1.807) is 12.1 Å². The van der Waals surface area contributed by atoms with Crippen molar-refractivity contribution < 1.29 is 13.2 Å². The first-order chi connectivity index (χ1) is 11.4. The summed E-state index contributed by atoms with van der Waals surface area (Å²) in [5, 5.41) is 5.21. The summed E-state index contributed by atoms with van der Waals surface area (Å²) < 4.78 is 38.2. The fourth-order valence-electron chi connectivity index (χ4n) is 2.22. The monoisotopic (exact) mass is 331 g/mol. The number of aromatic nitrogens is 2. The summed E-state index contributed by atoms with van der Waals surface area (Å²) in [6.45, 7) is 0. The average molecular weight is 331 g/mol. The molecule has 1 heterocycles. The second kappa shape index (κ2) is 6.19. The molecule has 3 aromatic rings. The lowest BCUT2D eigenvalue weighted by atomic mass is 10.1. The van der Waals surface area contributed by atoms with Crippen molar-refractivity contribution in [2.75, 3.05) is 0 Å². The Morgan fingerprint density at radius 1 is 0.958 bits per heavy atom. The van der Waals surface area contributed by atoms with Crippen molar-refractivity contribution in [3.05, 3.63) is 76.1 Å². The number of alkyl halides is 3. The smallest absolute Gasteiger partial charge is 0.297 e. The van der Waals surface area contributed by atoms with Crippen LogP contribution in [0.25, 0.3) is 11.3 Å². The molecule has 0 aliphatic carbocycles.